The first-order valence-electron chi connectivity index (χ1n) is 6.50. The number of hydrogen-bond acceptors (Lipinski definition) is 2. The van der Waals surface area contributed by atoms with Crippen molar-refractivity contribution < 1.29 is 0 Å². The number of nitrogens with one attached hydrogen (secondary N) is 1. The van der Waals surface area contributed by atoms with Gasteiger partial charge in [0.15, 0.2) is 0 Å². The van der Waals surface area contributed by atoms with Gasteiger partial charge in [0.1, 0.15) is 5.82 Å². The van der Waals surface area contributed by atoms with Gasteiger partial charge in [-0.05, 0) is 52.9 Å². The quantitative estimate of drug-likeness (QED) is 0.886. The zero-order valence-electron chi connectivity index (χ0n) is 11.2. The smallest absolute Gasteiger partial charge is 0.129 e. The second-order valence-electron chi connectivity index (χ2n) is 4.54. The third kappa shape index (κ3) is 2.51. The van der Waals surface area contributed by atoms with Crippen molar-refractivity contribution in [3.8, 4) is 0 Å². The average Bonchev–Trinajstić information content (AvgIpc) is 2.40. The van der Waals surface area contributed by atoms with Crippen molar-refractivity contribution >= 4 is 32.7 Å². The standard InChI is InChI=1S/C15H19BrN2/c1-4-8-17-15-11(5-2)9-12-7-6-10(3)13(16)14(12)18-15/h6-7,9H,4-5,8H2,1-3H3,(H,17,18). The number of benzene rings is 1. The van der Waals surface area contributed by atoms with Crippen molar-refractivity contribution in [1.29, 1.82) is 0 Å². The Hall–Kier alpha value is -1.09. The summed E-state index contributed by atoms with van der Waals surface area (Å²) in [5.41, 5.74) is 3.55. The predicted molar refractivity (Wildman–Crippen MR) is 82.3 cm³/mol. The first-order valence-corrected chi connectivity index (χ1v) is 7.29. The topological polar surface area (TPSA) is 24.9 Å². The largest absolute Gasteiger partial charge is 0.370 e. The van der Waals surface area contributed by atoms with Crippen LogP contribution in [0.4, 0.5) is 5.82 Å². The van der Waals surface area contributed by atoms with Gasteiger partial charge in [-0.3, -0.25) is 0 Å². The molecule has 0 saturated heterocycles. The molecule has 0 spiro atoms. The number of fused-ring (bicyclic) bond motifs is 1. The zero-order valence-corrected chi connectivity index (χ0v) is 12.8. The maximum absolute atomic E-state index is 4.79. The summed E-state index contributed by atoms with van der Waals surface area (Å²) in [6, 6.07) is 6.52. The molecular weight excluding hydrogens is 288 g/mol. The molecule has 0 unspecified atom stereocenters. The molecule has 0 aliphatic carbocycles. The Morgan fingerprint density at radius 3 is 2.72 bits per heavy atom. The van der Waals surface area contributed by atoms with E-state index < -0.39 is 0 Å². The predicted octanol–water partition coefficient (Wildman–Crippen LogP) is 4.69. The van der Waals surface area contributed by atoms with Gasteiger partial charge < -0.3 is 5.32 Å². The van der Waals surface area contributed by atoms with Crippen LogP contribution in [0.2, 0.25) is 0 Å². The Morgan fingerprint density at radius 2 is 2.06 bits per heavy atom. The van der Waals surface area contributed by atoms with E-state index in [-0.39, 0.29) is 0 Å². The van der Waals surface area contributed by atoms with Crippen LogP contribution in [-0.4, -0.2) is 11.5 Å². The highest BCUT2D eigenvalue weighted by Gasteiger charge is 2.08. The SMILES string of the molecule is CCCNc1nc2c(Br)c(C)ccc2cc1CC. The summed E-state index contributed by atoms with van der Waals surface area (Å²) < 4.78 is 1.10. The maximum atomic E-state index is 4.79. The van der Waals surface area contributed by atoms with Gasteiger partial charge in [-0.1, -0.05) is 26.0 Å². The van der Waals surface area contributed by atoms with Crippen molar-refractivity contribution in [3.63, 3.8) is 0 Å². The first kappa shape index (κ1) is 13.3. The van der Waals surface area contributed by atoms with E-state index in [1.165, 1.54) is 16.5 Å². The van der Waals surface area contributed by atoms with Crippen LogP contribution in [0.5, 0.6) is 0 Å². The van der Waals surface area contributed by atoms with Gasteiger partial charge in [-0.2, -0.15) is 0 Å². The molecule has 0 bridgehead atoms. The van der Waals surface area contributed by atoms with Crippen molar-refractivity contribution in [1.82, 2.24) is 4.98 Å². The van der Waals surface area contributed by atoms with E-state index in [1.54, 1.807) is 0 Å². The summed E-state index contributed by atoms with van der Waals surface area (Å²) in [7, 11) is 0. The van der Waals surface area contributed by atoms with Gasteiger partial charge in [0.25, 0.3) is 0 Å². The van der Waals surface area contributed by atoms with Gasteiger partial charge in [-0.25, -0.2) is 4.98 Å². The molecule has 2 nitrogen and oxygen atoms in total. The number of rotatable bonds is 4. The van der Waals surface area contributed by atoms with Crippen LogP contribution in [0.25, 0.3) is 10.9 Å². The number of halogens is 1. The molecular formula is C15H19BrN2. The molecule has 2 aromatic rings. The van der Waals surface area contributed by atoms with Crippen LogP contribution in [0, 0.1) is 6.92 Å². The van der Waals surface area contributed by atoms with Gasteiger partial charge in [0, 0.05) is 16.4 Å². The van der Waals surface area contributed by atoms with Crippen LogP contribution in [-0.2, 0) is 6.42 Å². The average molecular weight is 307 g/mol. The fraction of sp³-hybridized carbons (Fsp3) is 0.400. The van der Waals surface area contributed by atoms with Crippen molar-refractivity contribution in [2.24, 2.45) is 0 Å². The Labute approximate surface area is 117 Å². The molecule has 1 aromatic heterocycles. The summed E-state index contributed by atoms with van der Waals surface area (Å²) in [4.78, 5) is 4.79. The minimum absolute atomic E-state index is 0.967. The van der Waals surface area contributed by atoms with E-state index in [0.717, 1.165) is 35.2 Å². The summed E-state index contributed by atoms with van der Waals surface area (Å²) in [6.07, 6.45) is 2.11. The first-order chi connectivity index (χ1) is 8.67. The Kier molecular flexibility index (Phi) is 4.23. The minimum atomic E-state index is 0.967. The fourth-order valence-corrected chi connectivity index (χ4v) is 2.47. The lowest BCUT2D eigenvalue weighted by Crippen LogP contribution is -2.05. The maximum Gasteiger partial charge on any atom is 0.129 e. The molecule has 0 fully saturated rings. The lowest BCUT2D eigenvalue weighted by Gasteiger charge is -2.12. The number of hydrogen-bond donors (Lipinski definition) is 1. The molecule has 0 saturated carbocycles. The molecule has 0 aliphatic rings. The third-order valence-corrected chi connectivity index (χ3v) is 4.12. The summed E-state index contributed by atoms with van der Waals surface area (Å²) in [5.74, 6) is 1.03. The van der Waals surface area contributed by atoms with Crippen LogP contribution >= 0.6 is 15.9 Å². The number of nitrogens with zero attached hydrogens (tertiary/aromatic N) is 1. The molecule has 0 atom stereocenters. The number of anilines is 1. The van der Waals surface area contributed by atoms with Gasteiger partial charge in [0.2, 0.25) is 0 Å². The number of pyridine rings is 1. The highest BCUT2D eigenvalue weighted by Crippen LogP contribution is 2.29. The van der Waals surface area contributed by atoms with E-state index >= 15 is 0 Å². The number of aromatic nitrogens is 1. The van der Waals surface area contributed by atoms with Crippen molar-refractivity contribution in [3.05, 3.63) is 33.8 Å². The summed E-state index contributed by atoms with van der Waals surface area (Å²) in [6.45, 7) is 7.40. The molecule has 0 amide bonds. The van der Waals surface area contributed by atoms with E-state index in [0.29, 0.717) is 0 Å². The van der Waals surface area contributed by atoms with E-state index in [4.69, 9.17) is 4.98 Å². The second kappa shape index (κ2) is 5.70. The molecule has 0 aliphatic heterocycles. The zero-order chi connectivity index (χ0) is 13.1. The molecule has 0 radical (unpaired) electrons. The molecule has 1 N–H and O–H groups in total. The Bertz CT molecular complexity index is 564. The fourth-order valence-electron chi connectivity index (χ4n) is 2.02. The molecule has 1 heterocycles. The highest BCUT2D eigenvalue weighted by molar-refractivity contribution is 9.10. The minimum Gasteiger partial charge on any atom is -0.370 e. The van der Waals surface area contributed by atoms with Crippen LogP contribution in [0.15, 0.2) is 22.7 Å². The molecule has 1 aromatic carbocycles. The van der Waals surface area contributed by atoms with Crippen LogP contribution < -0.4 is 5.32 Å². The molecule has 96 valence electrons. The van der Waals surface area contributed by atoms with Crippen LogP contribution in [0.1, 0.15) is 31.4 Å². The second-order valence-corrected chi connectivity index (χ2v) is 5.34. The number of aryl methyl sites for hydroxylation is 2. The lowest BCUT2D eigenvalue weighted by atomic mass is 10.1. The van der Waals surface area contributed by atoms with Crippen LogP contribution in [0.3, 0.4) is 0 Å². The van der Waals surface area contributed by atoms with Crippen molar-refractivity contribution in [2.75, 3.05) is 11.9 Å². The van der Waals surface area contributed by atoms with Gasteiger partial charge in [0.05, 0.1) is 5.52 Å². The summed E-state index contributed by atoms with van der Waals surface area (Å²) in [5, 5.41) is 4.62. The highest BCUT2D eigenvalue weighted by atomic mass is 79.9. The van der Waals surface area contributed by atoms with E-state index in [1.807, 2.05) is 0 Å². The van der Waals surface area contributed by atoms with Gasteiger partial charge in [-0.15, -0.1) is 0 Å². The van der Waals surface area contributed by atoms with Crippen molar-refractivity contribution in [2.45, 2.75) is 33.6 Å². The third-order valence-electron chi connectivity index (χ3n) is 3.12. The van der Waals surface area contributed by atoms with E-state index in [2.05, 4.69) is 60.2 Å². The monoisotopic (exact) mass is 306 g/mol. The normalized spacial score (nSPS) is 10.9. The Balaban J connectivity index is 2.58. The van der Waals surface area contributed by atoms with Gasteiger partial charge >= 0.3 is 0 Å². The Morgan fingerprint density at radius 1 is 1.28 bits per heavy atom. The lowest BCUT2D eigenvalue weighted by molar-refractivity contribution is 0.961. The summed E-state index contributed by atoms with van der Waals surface area (Å²) >= 11 is 3.64. The molecule has 18 heavy (non-hydrogen) atoms. The van der Waals surface area contributed by atoms with E-state index in [9.17, 15) is 0 Å². The molecule has 3 heteroatoms. The molecule has 2 rings (SSSR count).